The summed E-state index contributed by atoms with van der Waals surface area (Å²) in [6.07, 6.45) is 14.3. The van der Waals surface area contributed by atoms with Crippen LogP contribution in [-0.4, -0.2) is 48.5 Å². The summed E-state index contributed by atoms with van der Waals surface area (Å²) in [4.78, 5) is 63.5. The van der Waals surface area contributed by atoms with Gasteiger partial charge in [0.25, 0.3) is 5.91 Å². The molecular weight excluding hydrogens is 652 g/mol. The highest BCUT2D eigenvalue weighted by Crippen LogP contribution is 2.26. The van der Waals surface area contributed by atoms with Gasteiger partial charge in [-0.2, -0.15) is 0 Å². The summed E-state index contributed by atoms with van der Waals surface area (Å²) in [5, 5.41) is 0.699. The van der Waals surface area contributed by atoms with Gasteiger partial charge in [-0.05, 0) is 52.2 Å². The molecule has 0 radical (unpaired) electrons. The Labute approximate surface area is 303 Å². The Balaban J connectivity index is 1.90. The van der Waals surface area contributed by atoms with Crippen molar-refractivity contribution < 1.29 is 33.1 Å². The van der Waals surface area contributed by atoms with Gasteiger partial charge >= 0.3 is 17.6 Å². The van der Waals surface area contributed by atoms with E-state index in [0.717, 1.165) is 31.6 Å². The highest BCUT2D eigenvalue weighted by molar-refractivity contribution is 5.88. The molecule has 2 amide bonds. The molecule has 286 valence electrons. The van der Waals surface area contributed by atoms with Crippen LogP contribution >= 0.6 is 0 Å². The summed E-state index contributed by atoms with van der Waals surface area (Å²) in [6, 6.07) is 6.02. The molecule has 51 heavy (non-hydrogen) atoms. The molecule has 0 aliphatic carbocycles. The smallest absolute Gasteiger partial charge is 0.336 e. The van der Waals surface area contributed by atoms with Gasteiger partial charge in [0.1, 0.15) is 17.8 Å². The van der Waals surface area contributed by atoms with Gasteiger partial charge in [-0.25, -0.2) is 4.79 Å². The average molecular weight is 715 g/mol. The Bertz CT molecular complexity index is 1420. The minimum absolute atomic E-state index is 0.0467. The van der Waals surface area contributed by atoms with Crippen LogP contribution in [-0.2, 0) is 35.3 Å². The molecule has 1 heterocycles. The second-order valence-electron chi connectivity index (χ2n) is 14.2. The largest absolute Gasteiger partial charge is 0.461 e. The zero-order valence-electron chi connectivity index (χ0n) is 31.6. The van der Waals surface area contributed by atoms with Crippen molar-refractivity contribution in [3.8, 4) is 0 Å². The van der Waals surface area contributed by atoms with Crippen molar-refractivity contribution in [1.82, 2.24) is 10.9 Å². The van der Waals surface area contributed by atoms with E-state index in [2.05, 4.69) is 29.6 Å². The molecule has 1 aromatic heterocycles. The molecule has 0 bridgehead atoms. The summed E-state index contributed by atoms with van der Waals surface area (Å²) in [7, 11) is 0. The van der Waals surface area contributed by atoms with Gasteiger partial charge in [-0.1, -0.05) is 78.1 Å². The third kappa shape index (κ3) is 18.2. The number of amides is 2. The molecule has 2 aromatic rings. The SMILES string of the molecule is CCCCCCCCN(CCCCCCCC)c1ccc2c(COC(=O)CCCC(=O)NNC(=O)[C@@H](N)CC(=O)OC(C)(C)C)cc(=O)oc2c1. The number of rotatable bonds is 24. The van der Waals surface area contributed by atoms with Gasteiger partial charge in [0.15, 0.2) is 0 Å². The maximum absolute atomic E-state index is 12.5. The van der Waals surface area contributed by atoms with Crippen molar-refractivity contribution in [3.63, 3.8) is 0 Å². The van der Waals surface area contributed by atoms with Crippen LogP contribution in [0.5, 0.6) is 0 Å². The third-order valence-corrected chi connectivity index (χ3v) is 8.38. The Morgan fingerprint density at radius 2 is 1.41 bits per heavy atom. The molecule has 0 fully saturated rings. The van der Waals surface area contributed by atoms with E-state index in [1.165, 1.54) is 70.3 Å². The number of nitrogens with one attached hydrogen (secondary N) is 2. The van der Waals surface area contributed by atoms with Crippen LogP contribution in [0.4, 0.5) is 5.69 Å². The van der Waals surface area contributed by atoms with Crippen molar-refractivity contribution in [2.45, 2.75) is 156 Å². The van der Waals surface area contributed by atoms with Crippen LogP contribution in [0, 0.1) is 0 Å². The lowest BCUT2D eigenvalue weighted by Crippen LogP contribution is -2.50. The van der Waals surface area contributed by atoms with E-state index in [0.29, 0.717) is 16.5 Å². The first-order valence-corrected chi connectivity index (χ1v) is 18.9. The van der Waals surface area contributed by atoms with Gasteiger partial charge in [-0.3, -0.25) is 30.0 Å². The minimum Gasteiger partial charge on any atom is -0.461 e. The first-order chi connectivity index (χ1) is 24.3. The first kappa shape index (κ1) is 43.2. The highest BCUT2D eigenvalue weighted by atomic mass is 16.6. The summed E-state index contributed by atoms with van der Waals surface area (Å²) in [6.45, 7) is 11.3. The van der Waals surface area contributed by atoms with Crippen LogP contribution in [0.2, 0.25) is 0 Å². The Kier molecular flexibility index (Phi) is 19.9. The second-order valence-corrected chi connectivity index (χ2v) is 14.2. The number of unbranched alkanes of at least 4 members (excludes halogenated alkanes) is 10. The van der Waals surface area contributed by atoms with Crippen molar-refractivity contribution in [2.75, 3.05) is 18.0 Å². The molecule has 2 rings (SSSR count). The van der Waals surface area contributed by atoms with Crippen LogP contribution < -0.4 is 27.1 Å². The van der Waals surface area contributed by atoms with E-state index in [4.69, 9.17) is 19.6 Å². The monoisotopic (exact) mass is 714 g/mol. The molecule has 0 saturated heterocycles. The Hall–Kier alpha value is -3.93. The van der Waals surface area contributed by atoms with E-state index >= 15 is 0 Å². The van der Waals surface area contributed by atoms with Gasteiger partial charge in [0.05, 0.1) is 12.5 Å². The fraction of sp³-hybridized carbons (Fsp3) is 0.667. The van der Waals surface area contributed by atoms with Crippen molar-refractivity contribution in [3.05, 3.63) is 40.2 Å². The van der Waals surface area contributed by atoms with Crippen molar-refractivity contribution >= 4 is 40.4 Å². The third-order valence-electron chi connectivity index (χ3n) is 8.38. The number of carbonyl (C=O) groups excluding carboxylic acids is 4. The molecule has 0 saturated carbocycles. The van der Waals surface area contributed by atoms with Crippen LogP contribution in [0.3, 0.4) is 0 Å². The number of anilines is 1. The topological polar surface area (TPSA) is 170 Å². The number of hydrazine groups is 1. The van der Waals surface area contributed by atoms with Crippen molar-refractivity contribution in [1.29, 1.82) is 0 Å². The van der Waals surface area contributed by atoms with Gasteiger partial charge in [0.2, 0.25) is 5.91 Å². The minimum atomic E-state index is -1.20. The zero-order chi connectivity index (χ0) is 37.6. The molecule has 0 aliphatic heterocycles. The maximum Gasteiger partial charge on any atom is 0.336 e. The van der Waals surface area contributed by atoms with E-state index in [1.807, 2.05) is 18.2 Å². The Morgan fingerprint density at radius 1 is 0.804 bits per heavy atom. The van der Waals surface area contributed by atoms with Crippen LogP contribution in [0.1, 0.15) is 143 Å². The second kappa shape index (κ2) is 23.5. The first-order valence-electron chi connectivity index (χ1n) is 18.9. The maximum atomic E-state index is 12.5. The number of carbonyl (C=O) groups is 4. The number of esters is 2. The normalized spacial score (nSPS) is 12.0. The van der Waals surface area contributed by atoms with E-state index in [-0.39, 0.29) is 32.3 Å². The molecule has 1 atom stereocenters. The average Bonchev–Trinajstić information content (AvgIpc) is 3.06. The molecule has 0 unspecified atom stereocenters. The van der Waals surface area contributed by atoms with E-state index < -0.39 is 41.0 Å². The number of fused-ring (bicyclic) bond motifs is 1. The fourth-order valence-corrected chi connectivity index (χ4v) is 5.64. The highest BCUT2D eigenvalue weighted by Gasteiger charge is 2.23. The molecule has 0 spiro atoms. The van der Waals surface area contributed by atoms with Gasteiger partial charge in [-0.15, -0.1) is 0 Å². The lowest BCUT2D eigenvalue weighted by Gasteiger charge is -2.25. The van der Waals surface area contributed by atoms with Crippen LogP contribution in [0.15, 0.2) is 33.5 Å². The standard InChI is InChI=1S/C39H62N4O8/c1-6-8-10-12-14-16-23-43(24-17-15-13-11-9-7-2)30-21-22-31-29(25-36(46)50-33(31)26-30)28-49-35(45)20-18-19-34(44)41-42-38(48)32(40)27-37(47)51-39(3,4)5/h21-22,25-26,32H,6-20,23-24,27-28,40H2,1-5H3,(H,41,44)(H,42,48)/t32-/m0/s1. The lowest BCUT2D eigenvalue weighted by molar-refractivity contribution is -0.156. The zero-order valence-corrected chi connectivity index (χ0v) is 31.6. The van der Waals surface area contributed by atoms with Crippen molar-refractivity contribution in [2.24, 2.45) is 5.73 Å². The van der Waals surface area contributed by atoms with E-state index in [1.54, 1.807) is 20.8 Å². The number of nitrogens with two attached hydrogens (primary N) is 1. The quantitative estimate of drug-likeness (QED) is 0.0458. The molecule has 1 aromatic carbocycles. The van der Waals surface area contributed by atoms with E-state index in [9.17, 15) is 24.0 Å². The lowest BCUT2D eigenvalue weighted by atomic mass is 10.1. The number of ether oxygens (including phenoxy) is 2. The number of hydrogen-bond donors (Lipinski definition) is 3. The number of nitrogens with zero attached hydrogens (tertiary/aromatic N) is 1. The fourth-order valence-electron chi connectivity index (χ4n) is 5.64. The number of hydrogen-bond acceptors (Lipinski definition) is 10. The predicted molar refractivity (Wildman–Crippen MR) is 200 cm³/mol. The summed E-state index contributed by atoms with van der Waals surface area (Å²) < 4.78 is 16.2. The molecular formula is C39H62N4O8. The van der Waals surface area contributed by atoms with Gasteiger partial charge < -0.3 is 24.5 Å². The number of benzene rings is 1. The summed E-state index contributed by atoms with van der Waals surface area (Å²) in [5.41, 5.74) is 10.9. The van der Waals surface area contributed by atoms with Gasteiger partial charge in [0, 0.05) is 54.7 Å². The summed E-state index contributed by atoms with van der Waals surface area (Å²) >= 11 is 0. The Morgan fingerprint density at radius 3 is 2.02 bits per heavy atom. The predicted octanol–water partition coefficient (Wildman–Crippen LogP) is 6.74. The molecule has 4 N–H and O–H groups in total. The summed E-state index contributed by atoms with van der Waals surface area (Å²) in [5.74, 6) is -2.45. The molecule has 0 aliphatic rings. The van der Waals surface area contributed by atoms with Crippen LogP contribution in [0.25, 0.3) is 11.0 Å². The molecule has 12 heteroatoms. The molecule has 12 nitrogen and oxygen atoms in total.